The molecule has 1 aliphatic rings. The molecule has 1 rings (SSSR count). The zero-order valence-corrected chi connectivity index (χ0v) is 8.48. The molecule has 4 heteroatoms. The molecule has 0 amide bonds. The Labute approximate surface area is 84.2 Å². The van der Waals surface area contributed by atoms with Gasteiger partial charge in [-0.15, -0.1) is 0 Å². The number of rotatable bonds is 4. The summed E-state index contributed by atoms with van der Waals surface area (Å²) in [5.74, 6) is -0.356. The first-order chi connectivity index (χ1) is 6.72. The van der Waals surface area contributed by atoms with E-state index in [-0.39, 0.29) is 0 Å². The van der Waals surface area contributed by atoms with Gasteiger partial charge >= 0.3 is 5.97 Å². The van der Waals surface area contributed by atoms with Gasteiger partial charge in [0.15, 0.2) is 0 Å². The van der Waals surface area contributed by atoms with Gasteiger partial charge in [0.05, 0.1) is 6.61 Å². The Bertz CT molecular complexity index is 213. The third-order valence-electron chi connectivity index (χ3n) is 2.38. The van der Waals surface area contributed by atoms with Crippen molar-refractivity contribution in [3.05, 3.63) is 12.3 Å². The highest BCUT2D eigenvalue weighted by atomic mass is 16.5. The summed E-state index contributed by atoms with van der Waals surface area (Å²) in [6.45, 7) is 2.61. The number of hydrogen-bond donors (Lipinski definition) is 1. The highest BCUT2D eigenvalue weighted by Gasteiger charge is 2.17. The maximum Gasteiger partial charge on any atom is 0.329 e. The molecule has 1 atom stereocenters. The summed E-state index contributed by atoms with van der Waals surface area (Å²) in [6.07, 6.45) is 5.13. The Morgan fingerprint density at radius 2 is 2.50 bits per heavy atom. The molecule has 0 bridgehead atoms. The average molecular weight is 199 g/mol. The van der Waals surface area contributed by atoms with Gasteiger partial charge in [-0.3, -0.25) is 0 Å². The topological polar surface area (TPSA) is 49.8 Å². The van der Waals surface area contributed by atoms with Crippen molar-refractivity contribution >= 4 is 5.97 Å². The fraction of sp³-hybridized carbons (Fsp3) is 0.700. The van der Waals surface area contributed by atoms with Gasteiger partial charge in [-0.05, 0) is 18.8 Å². The Hall–Kier alpha value is -1.03. The molecule has 0 aliphatic carbocycles. The molecular formula is C10H17NO3. The van der Waals surface area contributed by atoms with E-state index in [2.05, 4.69) is 0 Å². The summed E-state index contributed by atoms with van der Waals surface area (Å²) in [7, 11) is 1.70. The van der Waals surface area contributed by atoms with Crippen LogP contribution >= 0.6 is 0 Å². The standard InChI is InChI=1S/C10H17NO3/c1-14-8-9-3-2-5-11(7-9)6-4-10(12)13/h4,6,9H,2-3,5,7-8H2,1H3,(H,12,13)/b6-4+. The molecule has 0 aromatic carbocycles. The molecule has 0 spiro atoms. The van der Waals surface area contributed by atoms with E-state index in [9.17, 15) is 4.79 Å². The van der Waals surface area contributed by atoms with Crippen LogP contribution in [0.1, 0.15) is 12.8 Å². The van der Waals surface area contributed by atoms with Crippen molar-refractivity contribution < 1.29 is 14.6 Å². The van der Waals surface area contributed by atoms with Crippen molar-refractivity contribution in [1.82, 2.24) is 4.90 Å². The monoisotopic (exact) mass is 199 g/mol. The fourth-order valence-corrected chi connectivity index (χ4v) is 1.77. The number of nitrogens with zero attached hydrogens (tertiary/aromatic N) is 1. The van der Waals surface area contributed by atoms with Gasteiger partial charge in [-0.1, -0.05) is 0 Å². The summed E-state index contributed by atoms with van der Waals surface area (Å²) < 4.78 is 5.09. The SMILES string of the molecule is COCC1CCCN(/C=C/C(=O)O)C1. The molecule has 0 aromatic rings. The van der Waals surface area contributed by atoms with Gasteiger partial charge in [0.2, 0.25) is 0 Å². The molecule has 80 valence electrons. The number of carboxylic acid groups (broad SMARTS) is 1. The van der Waals surface area contributed by atoms with Crippen LogP contribution in [-0.2, 0) is 9.53 Å². The summed E-state index contributed by atoms with van der Waals surface area (Å²) in [5.41, 5.74) is 0. The molecule has 1 N–H and O–H groups in total. The number of carbonyl (C=O) groups is 1. The second kappa shape index (κ2) is 5.65. The fourth-order valence-electron chi connectivity index (χ4n) is 1.77. The van der Waals surface area contributed by atoms with Crippen LogP contribution in [0.25, 0.3) is 0 Å². The lowest BCUT2D eigenvalue weighted by Gasteiger charge is -2.31. The lowest BCUT2D eigenvalue weighted by atomic mass is 9.99. The van der Waals surface area contributed by atoms with E-state index in [0.717, 1.165) is 26.1 Å². The molecule has 0 radical (unpaired) electrons. The molecule has 1 aliphatic heterocycles. The van der Waals surface area contributed by atoms with Crippen molar-refractivity contribution in [1.29, 1.82) is 0 Å². The van der Waals surface area contributed by atoms with E-state index < -0.39 is 5.97 Å². The Kier molecular flexibility index (Phi) is 4.46. The van der Waals surface area contributed by atoms with Crippen molar-refractivity contribution in [3.63, 3.8) is 0 Å². The lowest BCUT2D eigenvalue weighted by Crippen LogP contribution is -2.33. The predicted octanol–water partition coefficient (Wildman–Crippen LogP) is 0.943. The zero-order valence-electron chi connectivity index (χ0n) is 8.48. The van der Waals surface area contributed by atoms with Crippen LogP contribution in [0.3, 0.4) is 0 Å². The minimum atomic E-state index is -0.890. The number of aliphatic carboxylic acids is 1. The molecule has 14 heavy (non-hydrogen) atoms. The largest absolute Gasteiger partial charge is 0.478 e. The average Bonchev–Trinajstić information content (AvgIpc) is 2.16. The van der Waals surface area contributed by atoms with Crippen LogP contribution < -0.4 is 0 Å². The van der Waals surface area contributed by atoms with Gasteiger partial charge in [-0.2, -0.15) is 0 Å². The van der Waals surface area contributed by atoms with Crippen LogP contribution in [0.4, 0.5) is 0 Å². The van der Waals surface area contributed by atoms with Crippen LogP contribution in [0.5, 0.6) is 0 Å². The van der Waals surface area contributed by atoms with Gasteiger partial charge in [0, 0.05) is 32.5 Å². The highest BCUT2D eigenvalue weighted by Crippen LogP contribution is 2.16. The predicted molar refractivity (Wildman–Crippen MR) is 52.9 cm³/mol. The lowest BCUT2D eigenvalue weighted by molar-refractivity contribution is -0.131. The molecule has 1 saturated heterocycles. The van der Waals surface area contributed by atoms with Gasteiger partial charge in [-0.25, -0.2) is 4.79 Å². The van der Waals surface area contributed by atoms with E-state index in [1.807, 2.05) is 4.90 Å². The zero-order chi connectivity index (χ0) is 10.4. The molecule has 1 unspecified atom stereocenters. The second-order valence-electron chi connectivity index (χ2n) is 3.61. The van der Waals surface area contributed by atoms with E-state index in [0.29, 0.717) is 5.92 Å². The quantitative estimate of drug-likeness (QED) is 0.685. The number of methoxy groups -OCH3 is 1. The van der Waals surface area contributed by atoms with Crippen molar-refractivity contribution in [3.8, 4) is 0 Å². The molecule has 4 nitrogen and oxygen atoms in total. The summed E-state index contributed by atoms with van der Waals surface area (Å²) in [4.78, 5) is 12.4. The third kappa shape index (κ3) is 3.79. The summed E-state index contributed by atoms with van der Waals surface area (Å²) in [5, 5.41) is 8.48. The second-order valence-corrected chi connectivity index (χ2v) is 3.61. The first-order valence-electron chi connectivity index (χ1n) is 4.86. The maximum absolute atomic E-state index is 10.3. The van der Waals surface area contributed by atoms with Crippen molar-refractivity contribution in [2.45, 2.75) is 12.8 Å². The molecule has 0 saturated carbocycles. The summed E-state index contributed by atoms with van der Waals surface area (Å²) in [6, 6.07) is 0. The van der Waals surface area contributed by atoms with E-state index >= 15 is 0 Å². The Morgan fingerprint density at radius 1 is 1.71 bits per heavy atom. The van der Waals surface area contributed by atoms with Crippen molar-refractivity contribution in [2.75, 3.05) is 26.8 Å². The van der Waals surface area contributed by atoms with Gasteiger partial charge in [0.25, 0.3) is 0 Å². The van der Waals surface area contributed by atoms with Crippen LogP contribution in [0.2, 0.25) is 0 Å². The Morgan fingerprint density at radius 3 is 3.14 bits per heavy atom. The van der Waals surface area contributed by atoms with E-state index in [1.165, 1.54) is 12.5 Å². The van der Waals surface area contributed by atoms with Crippen LogP contribution in [-0.4, -0.2) is 42.8 Å². The van der Waals surface area contributed by atoms with E-state index in [1.54, 1.807) is 13.3 Å². The smallest absolute Gasteiger partial charge is 0.329 e. The van der Waals surface area contributed by atoms with Crippen LogP contribution in [0.15, 0.2) is 12.3 Å². The number of carboxylic acids is 1. The van der Waals surface area contributed by atoms with Crippen molar-refractivity contribution in [2.24, 2.45) is 5.92 Å². The molecule has 1 fully saturated rings. The third-order valence-corrected chi connectivity index (χ3v) is 2.38. The highest BCUT2D eigenvalue weighted by molar-refractivity contribution is 5.79. The molecule has 1 heterocycles. The number of hydrogen-bond acceptors (Lipinski definition) is 3. The van der Waals surface area contributed by atoms with Gasteiger partial charge in [0.1, 0.15) is 0 Å². The number of likely N-dealkylation sites (tertiary alicyclic amines) is 1. The van der Waals surface area contributed by atoms with Gasteiger partial charge < -0.3 is 14.7 Å². The van der Waals surface area contributed by atoms with E-state index in [4.69, 9.17) is 9.84 Å². The number of piperidine rings is 1. The first kappa shape index (κ1) is 11.0. The first-order valence-corrected chi connectivity index (χ1v) is 4.86. The number of ether oxygens (including phenoxy) is 1. The molecular weight excluding hydrogens is 182 g/mol. The molecule has 0 aromatic heterocycles. The minimum Gasteiger partial charge on any atom is -0.478 e. The maximum atomic E-state index is 10.3. The Balaban J connectivity index is 2.35. The normalized spacial score (nSPS) is 22.9. The minimum absolute atomic E-state index is 0.534. The summed E-state index contributed by atoms with van der Waals surface area (Å²) >= 11 is 0. The van der Waals surface area contributed by atoms with Crippen LogP contribution in [0, 0.1) is 5.92 Å².